The Bertz CT molecular complexity index is 885. The van der Waals surface area contributed by atoms with Crippen LogP contribution in [0.1, 0.15) is 11.1 Å². The van der Waals surface area contributed by atoms with Crippen LogP contribution in [0.25, 0.3) is 0 Å². The van der Waals surface area contributed by atoms with Crippen molar-refractivity contribution >= 4 is 17.7 Å². The van der Waals surface area contributed by atoms with Crippen LogP contribution < -0.4 is 14.8 Å². The second-order valence-electron chi connectivity index (χ2n) is 5.89. The number of rotatable bonds is 9. The number of carbonyl (C=O) groups is 2. The lowest BCUT2D eigenvalue weighted by molar-refractivity contribution is -0.385. The van der Waals surface area contributed by atoms with Crippen LogP contribution in [-0.4, -0.2) is 42.4 Å². The topological polar surface area (TPSA) is 137 Å². The van der Waals surface area contributed by atoms with Gasteiger partial charge in [0.25, 0.3) is 5.69 Å². The third-order valence-corrected chi connectivity index (χ3v) is 4.01. The number of hydrogen-bond donors (Lipinski definition) is 2. The number of carboxylic acid groups (broad SMARTS) is 1. The highest BCUT2D eigenvalue weighted by atomic mass is 16.6. The molecule has 0 spiro atoms. The van der Waals surface area contributed by atoms with Gasteiger partial charge in [-0.15, -0.1) is 0 Å². The van der Waals surface area contributed by atoms with E-state index < -0.39 is 29.6 Å². The van der Waals surface area contributed by atoms with E-state index in [1.807, 2.05) is 0 Å². The molecule has 0 aliphatic heterocycles. The van der Waals surface area contributed by atoms with Crippen LogP contribution in [0.15, 0.2) is 42.5 Å². The Kier molecular flexibility index (Phi) is 7.35. The molecule has 0 aliphatic rings. The van der Waals surface area contributed by atoms with Gasteiger partial charge in [-0.3, -0.25) is 10.1 Å². The molecule has 0 bridgehead atoms. The van der Waals surface area contributed by atoms with Crippen molar-refractivity contribution in [3.05, 3.63) is 63.7 Å². The molecule has 29 heavy (non-hydrogen) atoms. The number of methoxy groups -OCH3 is 2. The number of nitrogens with zero attached hydrogens (tertiary/aromatic N) is 1. The zero-order valence-corrected chi connectivity index (χ0v) is 15.8. The summed E-state index contributed by atoms with van der Waals surface area (Å²) in [6, 6.07) is 10.0. The predicted octanol–water partition coefficient (Wildman–Crippen LogP) is 2.53. The minimum atomic E-state index is -1.23. The summed E-state index contributed by atoms with van der Waals surface area (Å²) in [5.41, 5.74) is 0.461. The van der Waals surface area contributed by atoms with Gasteiger partial charge in [0.1, 0.15) is 12.6 Å². The second-order valence-corrected chi connectivity index (χ2v) is 5.89. The van der Waals surface area contributed by atoms with E-state index in [1.54, 1.807) is 30.3 Å². The summed E-state index contributed by atoms with van der Waals surface area (Å²) in [4.78, 5) is 34.1. The van der Waals surface area contributed by atoms with Crippen molar-refractivity contribution < 1.29 is 33.8 Å². The van der Waals surface area contributed by atoms with Gasteiger partial charge in [-0.1, -0.05) is 30.3 Å². The minimum absolute atomic E-state index is 0.0573. The number of nitro benzene ring substituents is 1. The Morgan fingerprint density at radius 3 is 2.31 bits per heavy atom. The molecule has 2 aromatic carbocycles. The maximum absolute atomic E-state index is 12.1. The molecule has 0 aliphatic carbocycles. The van der Waals surface area contributed by atoms with Crippen LogP contribution in [0.5, 0.6) is 11.5 Å². The van der Waals surface area contributed by atoms with E-state index in [0.717, 1.165) is 11.6 Å². The summed E-state index contributed by atoms with van der Waals surface area (Å²) in [5.74, 6) is -0.853. The van der Waals surface area contributed by atoms with Gasteiger partial charge in [0.05, 0.1) is 30.8 Å². The van der Waals surface area contributed by atoms with Crippen molar-refractivity contribution in [3.63, 3.8) is 0 Å². The fourth-order valence-electron chi connectivity index (χ4n) is 2.57. The van der Waals surface area contributed by atoms with E-state index in [-0.39, 0.29) is 29.2 Å². The van der Waals surface area contributed by atoms with Gasteiger partial charge in [0, 0.05) is 6.42 Å². The van der Waals surface area contributed by atoms with Crippen molar-refractivity contribution in [2.75, 3.05) is 14.2 Å². The van der Waals surface area contributed by atoms with Gasteiger partial charge < -0.3 is 24.6 Å². The molecule has 10 nitrogen and oxygen atoms in total. The van der Waals surface area contributed by atoms with E-state index in [1.165, 1.54) is 20.3 Å². The van der Waals surface area contributed by atoms with Gasteiger partial charge in [-0.25, -0.2) is 9.59 Å². The Morgan fingerprint density at radius 1 is 1.14 bits per heavy atom. The molecule has 2 rings (SSSR count). The lowest BCUT2D eigenvalue weighted by Crippen LogP contribution is -2.42. The molecule has 2 N–H and O–H groups in total. The van der Waals surface area contributed by atoms with Crippen LogP contribution in [0.4, 0.5) is 10.5 Å². The number of alkyl carbamates (subject to hydrolysis) is 1. The fraction of sp³-hybridized carbons (Fsp3) is 0.263. The molecule has 2 aromatic rings. The highest BCUT2D eigenvalue weighted by molar-refractivity contribution is 5.80. The first-order chi connectivity index (χ1) is 13.8. The average molecular weight is 404 g/mol. The zero-order chi connectivity index (χ0) is 21.4. The monoisotopic (exact) mass is 404 g/mol. The highest BCUT2D eigenvalue weighted by Crippen LogP contribution is 2.34. The van der Waals surface area contributed by atoms with Crippen molar-refractivity contribution in [2.24, 2.45) is 0 Å². The Hall–Kier alpha value is -3.82. The van der Waals surface area contributed by atoms with Crippen LogP contribution in [-0.2, 0) is 22.6 Å². The number of benzene rings is 2. The smallest absolute Gasteiger partial charge is 0.408 e. The van der Waals surface area contributed by atoms with Crippen LogP contribution >= 0.6 is 0 Å². The number of hydrogen-bond acceptors (Lipinski definition) is 7. The average Bonchev–Trinajstić information content (AvgIpc) is 2.71. The highest BCUT2D eigenvalue weighted by Gasteiger charge is 2.23. The molecule has 0 heterocycles. The number of carbonyl (C=O) groups excluding carboxylic acids is 1. The summed E-state index contributed by atoms with van der Waals surface area (Å²) in [5, 5.41) is 22.8. The van der Waals surface area contributed by atoms with E-state index in [2.05, 4.69) is 5.32 Å². The first-order valence-electron chi connectivity index (χ1n) is 8.45. The van der Waals surface area contributed by atoms with Gasteiger partial charge in [0.15, 0.2) is 11.5 Å². The second kappa shape index (κ2) is 9.93. The molecule has 0 saturated heterocycles. The molecule has 0 unspecified atom stereocenters. The zero-order valence-electron chi connectivity index (χ0n) is 15.8. The third kappa shape index (κ3) is 5.83. The molecular formula is C19H20N2O8. The maximum atomic E-state index is 12.1. The molecule has 0 fully saturated rings. The molecule has 1 atom stereocenters. The van der Waals surface area contributed by atoms with E-state index in [9.17, 15) is 24.8 Å². The number of nitro groups is 1. The number of nitrogens with one attached hydrogen (secondary N) is 1. The Labute approximate surface area is 166 Å². The molecule has 154 valence electrons. The summed E-state index contributed by atoms with van der Waals surface area (Å²) < 4.78 is 15.1. The normalized spacial score (nSPS) is 11.2. The Morgan fingerprint density at radius 2 is 1.76 bits per heavy atom. The van der Waals surface area contributed by atoms with E-state index >= 15 is 0 Å². The fourth-order valence-corrected chi connectivity index (χ4v) is 2.57. The number of aliphatic carboxylic acids is 1. The lowest BCUT2D eigenvalue weighted by atomic mass is 10.1. The summed E-state index contributed by atoms with van der Waals surface area (Å²) in [7, 11) is 2.70. The number of amides is 1. The predicted molar refractivity (Wildman–Crippen MR) is 101 cm³/mol. The van der Waals surface area contributed by atoms with Crippen LogP contribution in [0.2, 0.25) is 0 Å². The first kappa shape index (κ1) is 21.5. The summed E-state index contributed by atoms with van der Waals surface area (Å²) >= 11 is 0. The molecule has 10 heteroatoms. The lowest BCUT2D eigenvalue weighted by Gasteiger charge is -2.15. The van der Waals surface area contributed by atoms with Crippen LogP contribution in [0, 0.1) is 10.1 Å². The number of ether oxygens (including phenoxy) is 3. The third-order valence-electron chi connectivity index (χ3n) is 4.01. The SMILES string of the molecule is COc1cc(COC(=O)N[C@@H](Cc2ccccc2)C(=O)O)c([N+](=O)[O-])cc1OC. The molecule has 0 saturated carbocycles. The molecule has 0 aromatic heterocycles. The Balaban J connectivity index is 2.09. The van der Waals surface area contributed by atoms with Gasteiger partial charge in [0.2, 0.25) is 0 Å². The van der Waals surface area contributed by atoms with E-state index in [0.29, 0.717) is 0 Å². The summed E-state index contributed by atoms with van der Waals surface area (Å²) in [6.45, 7) is -0.458. The standard InChI is InChI=1S/C19H20N2O8/c1-27-16-9-13(15(21(25)26)10-17(16)28-2)11-29-19(24)20-14(18(22)23)8-12-6-4-3-5-7-12/h3-7,9-10,14H,8,11H2,1-2H3,(H,20,24)(H,22,23)/t14-/m0/s1. The molecular weight excluding hydrogens is 384 g/mol. The van der Waals surface area contributed by atoms with Crippen molar-refractivity contribution in [2.45, 2.75) is 19.1 Å². The first-order valence-corrected chi connectivity index (χ1v) is 8.45. The van der Waals surface area contributed by atoms with Gasteiger partial charge in [-0.05, 0) is 11.6 Å². The molecule has 0 radical (unpaired) electrons. The van der Waals surface area contributed by atoms with Crippen molar-refractivity contribution in [1.82, 2.24) is 5.32 Å². The number of carboxylic acids is 1. The van der Waals surface area contributed by atoms with Gasteiger partial charge in [-0.2, -0.15) is 0 Å². The van der Waals surface area contributed by atoms with Crippen LogP contribution in [0.3, 0.4) is 0 Å². The van der Waals surface area contributed by atoms with Crippen molar-refractivity contribution in [1.29, 1.82) is 0 Å². The van der Waals surface area contributed by atoms with Crippen molar-refractivity contribution in [3.8, 4) is 11.5 Å². The maximum Gasteiger partial charge on any atom is 0.408 e. The van der Waals surface area contributed by atoms with E-state index in [4.69, 9.17) is 14.2 Å². The largest absolute Gasteiger partial charge is 0.493 e. The minimum Gasteiger partial charge on any atom is -0.493 e. The quantitative estimate of drug-likeness (QED) is 0.480. The van der Waals surface area contributed by atoms with Gasteiger partial charge >= 0.3 is 12.1 Å². The molecule has 1 amide bonds. The summed E-state index contributed by atoms with van der Waals surface area (Å²) in [6.07, 6.45) is -0.959.